The van der Waals surface area contributed by atoms with Gasteiger partial charge in [-0.2, -0.15) is 54.8 Å². The molecule has 0 saturated carbocycles. The third kappa shape index (κ3) is 8.58. The molecule has 0 aliphatic carbocycles. The minimum atomic E-state index is 0. The van der Waals surface area contributed by atoms with Crippen molar-refractivity contribution >= 4 is 5.69 Å². The molecule has 0 atom stereocenters. The van der Waals surface area contributed by atoms with Gasteiger partial charge in [-0.15, -0.1) is 30.0 Å². The van der Waals surface area contributed by atoms with Gasteiger partial charge >= 0.3 is 21.1 Å². The SMILES string of the molecule is Cc1[c-]c(-c2[c-]c(-c3[c-]cccc3)ccn2)[c-]c(Oc2[c-]c(N3C=CN(C)[CH-]3)ccc2)c1.[C-]#Cn1cccc1.[Pt+4].[Pt]. The molecule has 0 bridgehead atoms. The smallest absolute Gasteiger partial charge is 0.669 e. The van der Waals surface area contributed by atoms with Crippen molar-refractivity contribution in [3.8, 4) is 39.9 Å². The minimum Gasteiger partial charge on any atom is -0.669 e. The van der Waals surface area contributed by atoms with Crippen LogP contribution in [0.2, 0.25) is 0 Å². The van der Waals surface area contributed by atoms with E-state index < -0.39 is 0 Å². The second-order valence-electron chi connectivity index (χ2n) is 8.62. The summed E-state index contributed by atoms with van der Waals surface area (Å²) in [4.78, 5) is 8.44. The Kier molecular flexibility index (Phi) is 11.8. The molecule has 0 spiro atoms. The van der Waals surface area contributed by atoms with E-state index in [0.29, 0.717) is 22.8 Å². The fourth-order valence-electron chi connectivity index (χ4n) is 3.79. The van der Waals surface area contributed by atoms with Gasteiger partial charge in [0.1, 0.15) is 0 Å². The number of anilines is 1. The van der Waals surface area contributed by atoms with Crippen molar-refractivity contribution in [3.63, 3.8) is 0 Å². The van der Waals surface area contributed by atoms with Gasteiger partial charge in [0.05, 0.1) is 0 Å². The van der Waals surface area contributed by atoms with E-state index in [-0.39, 0.29) is 42.1 Å². The van der Waals surface area contributed by atoms with Gasteiger partial charge in [0.25, 0.3) is 0 Å². The molecule has 0 unspecified atom stereocenters. The predicted molar refractivity (Wildman–Crippen MR) is 151 cm³/mol. The minimum absolute atomic E-state index is 0. The van der Waals surface area contributed by atoms with Crippen LogP contribution in [-0.2, 0) is 42.1 Å². The summed E-state index contributed by atoms with van der Waals surface area (Å²) in [7, 11) is 1.98. The first-order chi connectivity index (χ1) is 19.1. The van der Waals surface area contributed by atoms with Gasteiger partial charge in [-0.1, -0.05) is 12.7 Å². The Morgan fingerprint density at radius 3 is 2.41 bits per heavy atom. The van der Waals surface area contributed by atoms with E-state index in [1.165, 1.54) is 0 Å². The summed E-state index contributed by atoms with van der Waals surface area (Å²) in [5.74, 6) is 1.19. The Morgan fingerprint density at radius 1 is 0.902 bits per heavy atom. The average molecular weight is 894 g/mol. The number of ether oxygens (including phenoxy) is 1. The molecule has 0 fully saturated rings. The Morgan fingerprint density at radius 2 is 1.73 bits per heavy atom. The van der Waals surface area contributed by atoms with Crippen LogP contribution in [0.15, 0.2) is 97.7 Å². The maximum atomic E-state index is 6.57. The molecule has 0 N–H and O–H groups in total. The molecule has 3 aromatic carbocycles. The van der Waals surface area contributed by atoms with Crippen molar-refractivity contribution in [1.82, 2.24) is 14.5 Å². The maximum Gasteiger partial charge on any atom is 4.00 e. The molecule has 2 aromatic heterocycles. The quantitative estimate of drug-likeness (QED) is 0.145. The van der Waals surface area contributed by atoms with Crippen LogP contribution in [0.3, 0.4) is 0 Å². The summed E-state index contributed by atoms with van der Waals surface area (Å²) in [5, 5.41) is 0. The number of benzene rings is 3. The van der Waals surface area contributed by atoms with Gasteiger partial charge in [-0.3, -0.25) is 12.1 Å². The molecule has 0 saturated heterocycles. The first-order valence-electron chi connectivity index (χ1n) is 12.2. The molecule has 0 amide bonds. The van der Waals surface area contributed by atoms with Crippen molar-refractivity contribution in [2.75, 3.05) is 11.9 Å². The fraction of sp³-hybridized carbons (Fsp3) is 0.0588. The molecule has 5 aromatic rings. The zero-order valence-corrected chi connectivity index (χ0v) is 26.7. The summed E-state index contributed by atoms with van der Waals surface area (Å²) in [5.41, 5.74) is 5.06. The molecule has 208 valence electrons. The third-order valence-electron chi connectivity index (χ3n) is 5.61. The van der Waals surface area contributed by atoms with Crippen molar-refractivity contribution in [2.45, 2.75) is 6.92 Å². The van der Waals surface area contributed by atoms with E-state index in [1.54, 1.807) is 23.2 Å². The van der Waals surface area contributed by atoms with Crippen molar-refractivity contribution in [2.24, 2.45) is 0 Å². The molecule has 1 aliphatic rings. The number of nitrogens with zero attached hydrogens (tertiary/aromatic N) is 4. The van der Waals surface area contributed by atoms with Gasteiger partial charge in [0.15, 0.2) is 0 Å². The van der Waals surface area contributed by atoms with E-state index in [1.807, 2.05) is 110 Å². The van der Waals surface area contributed by atoms with Crippen LogP contribution in [0, 0.1) is 56.4 Å². The maximum absolute atomic E-state index is 6.57. The normalized spacial score (nSPS) is 11.4. The molecule has 3 heterocycles. The van der Waals surface area contributed by atoms with Gasteiger partial charge in [0, 0.05) is 39.2 Å². The van der Waals surface area contributed by atoms with Crippen LogP contribution in [0.4, 0.5) is 5.69 Å². The number of pyridine rings is 1. The summed E-state index contributed by atoms with van der Waals surface area (Å²) in [6.07, 6.45) is 15.8. The molecular formula is C34H23N4OPt2-3. The number of aryl methyl sites for hydroxylation is 1. The fourth-order valence-corrected chi connectivity index (χ4v) is 3.79. The van der Waals surface area contributed by atoms with Crippen molar-refractivity contribution < 1.29 is 46.9 Å². The molecule has 5 nitrogen and oxygen atoms in total. The van der Waals surface area contributed by atoms with Crippen LogP contribution in [-0.4, -0.2) is 21.5 Å². The number of hydrogen-bond acceptors (Lipinski definition) is 4. The van der Waals surface area contributed by atoms with E-state index in [9.17, 15) is 0 Å². The number of hydrogen-bond donors (Lipinski definition) is 0. The summed E-state index contributed by atoms with van der Waals surface area (Å²) in [6.45, 7) is 3.94. The molecule has 1 aliphatic heterocycles. The third-order valence-corrected chi connectivity index (χ3v) is 5.61. The van der Waals surface area contributed by atoms with Crippen molar-refractivity contribution in [1.29, 1.82) is 0 Å². The second-order valence-corrected chi connectivity index (χ2v) is 8.62. The Hall–Kier alpha value is -3.83. The van der Waals surface area contributed by atoms with E-state index in [2.05, 4.69) is 41.4 Å². The molecule has 41 heavy (non-hydrogen) atoms. The van der Waals surface area contributed by atoms with Crippen LogP contribution in [0.25, 0.3) is 22.4 Å². The summed E-state index contributed by atoms with van der Waals surface area (Å²) < 4.78 is 7.65. The molecule has 0 radical (unpaired) electrons. The van der Waals surface area contributed by atoms with Gasteiger partial charge < -0.3 is 42.1 Å². The number of aromatic nitrogens is 2. The van der Waals surface area contributed by atoms with Crippen molar-refractivity contribution in [3.05, 3.63) is 147 Å². The van der Waals surface area contributed by atoms with Gasteiger partial charge in [-0.05, 0) is 37.8 Å². The van der Waals surface area contributed by atoms with Crippen LogP contribution in [0.5, 0.6) is 11.5 Å². The van der Waals surface area contributed by atoms with Gasteiger partial charge in [-0.25, -0.2) is 22.7 Å². The van der Waals surface area contributed by atoms with E-state index in [4.69, 9.17) is 11.2 Å². The van der Waals surface area contributed by atoms with Crippen LogP contribution < -0.4 is 9.64 Å². The summed E-state index contributed by atoms with van der Waals surface area (Å²) >= 11 is 0. The zero-order chi connectivity index (χ0) is 27.0. The topological polar surface area (TPSA) is 33.5 Å². The second kappa shape index (κ2) is 15.2. The van der Waals surface area contributed by atoms with E-state index >= 15 is 0 Å². The zero-order valence-electron chi connectivity index (χ0n) is 22.1. The average Bonchev–Trinajstić information content (AvgIpc) is 3.66. The van der Waals surface area contributed by atoms with Crippen LogP contribution in [0.1, 0.15) is 5.56 Å². The van der Waals surface area contributed by atoms with E-state index in [0.717, 1.165) is 22.4 Å². The number of rotatable bonds is 5. The first kappa shape index (κ1) is 31.7. The summed E-state index contributed by atoms with van der Waals surface area (Å²) in [6, 6.07) is 39.8. The standard InChI is InChI=1S/C28H19N3O.C6H4N.2Pt/c1-21-15-24(28-18-23(11-12-29-28)22-7-4-3-5-8-22)17-27(16-21)32-26-10-6-9-25(19-26)31-14-13-30(2)20-31;1-2-7-5-3-4-6-7;;/h3-7,9-14,16,20H,1-2H3;3-6H;;/q-6;-1;;+4. The molecule has 7 heteroatoms. The monoisotopic (exact) mass is 893 g/mol. The van der Waals surface area contributed by atoms with Gasteiger partial charge in [0.2, 0.25) is 0 Å². The molecular weight excluding hydrogens is 871 g/mol. The Bertz CT molecular complexity index is 1610. The Balaban J connectivity index is 0.000000452. The first-order valence-corrected chi connectivity index (χ1v) is 12.2. The Labute approximate surface area is 271 Å². The largest absolute Gasteiger partial charge is 4.00 e. The molecule has 6 rings (SSSR count). The predicted octanol–water partition coefficient (Wildman–Crippen LogP) is 6.74. The van der Waals surface area contributed by atoms with Crippen LogP contribution >= 0.6 is 0 Å².